The molecule has 0 aliphatic heterocycles. The zero-order chi connectivity index (χ0) is 18.1. The number of rotatable bonds is 2. The van der Waals surface area contributed by atoms with Gasteiger partial charge in [0.25, 0.3) is 0 Å². The minimum atomic E-state index is 0.134. The predicted octanol–water partition coefficient (Wildman–Crippen LogP) is 7.47. The smallest absolute Gasteiger partial charge is 0.0102 e. The van der Waals surface area contributed by atoms with E-state index < -0.39 is 0 Å². The van der Waals surface area contributed by atoms with Crippen LogP contribution in [0.3, 0.4) is 0 Å². The van der Waals surface area contributed by atoms with Crippen molar-refractivity contribution in [1.29, 1.82) is 0 Å². The van der Waals surface area contributed by atoms with E-state index in [1.807, 2.05) is 0 Å². The van der Waals surface area contributed by atoms with Gasteiger partial charge < -0.3 is 0 Å². The summed E-state index contributed by atoms with van der Waals surface area (Å²) in [6.45, 7) is 6.84. The van der Waals surface area contributed by atoms with Gasteiger partial charge in [0.05, 0.1) is 0 Å². The van der Waals surface area contributed by atoms with Gasteiger partial charge in [0.15, 0.2) is 0 Å². The Morgan fingerprint density at radius 1 is 0.462 bits per heavy atom. The fraction of sp³-hybridized carbons (Fsp3) is 0.154. The summed E-state index contributed by atoms with van der Waals surface area (Å²) in [7, 11) is 0. The second-order valence-electron chi connectivity index (χ2n) is 7.90. The van der Waals surface area contributed by atoms with Crippen molar-refractivity contribution in [3.8, 4) is 22.3 Å². The zero-order valence-electron chi connectivity index (χ0n) is 15.7. The standard InChI is InChI=1S/C26H24/c1-26(2,3)25-18-17-22(23-11-7-8-12-24(23)25)21-15-13-20(14-16-21)19-9-5-4-6-10-19/h4-18H,1-3H3. The second-order valence-corrected chi connectivity index (χ2v) is 7.90. The lowest BCUT2D eigenvalue weighted by atomic mass is 9.82. The van der Waals surface area contributed by atoms with Gasteiger partial charge in [-0.25, -0.2) is 0 Å². The fourth-order valence-electron chi connectivity index (χ4n) is 3.68. The van der Waals surface area contributed by atoms with Crippen LogP contribution in [0.1, 0.15) is 26.3 Å². The minimum absolute atomic E-state index is 0.134. The average Bonchev–Trinajstić information content (AvgIpc) is 2.67. The van der Waals surface area contributed by atoms with Crippen molar-refractivity contribution in [2.24, 2.45) is 0 Å². The molecule has 0 nitrogen and oxygen atoms in total. The monoisotopic (exact) mass is 336 g/mol. The summed E-state index contributed by atoms with van der Waals surface area (Å²) in [6, 6.07) is 32.8. The van der Waals surface area contributed by atoms with Crippen molar-refractivity contribution in [1.82, 2.24) is 0 Å². The van der Waals surface area contributed by atoms with E-state index >= 15 is 0 Å². The molecule has 0 spiro atoms. The highest BCUT2D eigenvalue weighted by Gasteiger charge is 2.18. The Labute approximate surface area is 156 Å². The van der Waals surface area contributed by atoms with Crippen LogP contribution in [0.5, 0.6) is 0 Å². The minimum Gasteiger partial charge on any atom is -0.0622 e. The van der Waals surface area contributed by atoms with Crippen LogP contribution in [0, 0.1) is 0 Å². The van der Waals surface area contributed by atoms with Crippen LogP contribution in [-0.2, 0) is 5.41 Å². The lowest BCUT2D eigenvalue weighted by molar-refractivity contribution is 0.596. The molecule has 4 aromatic carbocycles. The summed E-state index contributed by atoms with van der Waals surface area (Å²) in [5.41, 5.74) is 6.61. The normalized spacial score (nSPS) is 11.7. The molecule has 0 N–H and O–H groups in total. The quantitative estimate of drug-likeness (QED) is 0.356. The summed E-state index contributed by atoms with van der Waals surface area (Å²) < 4.78 is 0. The Hall–Kier alpha value is -2.86. The molecule has 0 amide bonds. The van der Waals surface area contributed by atoms with Gasteiger partial charge in [-0.2, -0.15) is 0 Å². The van der Waals surface area contributed by atoms with E-state index in [1.54, 1.807) is 0 Å². The lowest BCUT2D eigenvalue weighted by Gasteiger charge is -2.22. The number of hydrogen-bond donors (Lipinski definition) is 0. The van der Waals surface area contributed by atoms with E-state index in [-0.39, 0.29) is 5.41 Å². The molecule has 26 heavy (non-hydrogen) atoms. The molecule has 0 atom stereocenters. The molecule has 0 unspecified atom stereocenters. The van der Waals surface area contributed by atoms with Crippen LogP contribution in [0.15, 0.2) is 91.0 Å². The van der Waals surface area contributed by atoms with Crippen LogP contribution in [0.25, 0.3) is 33.0 Å². The third kappa shape index (κ3) is 3.04. The summed E-state index contributed by atoms with van der Waals surface area (Å²) in [5.74, 6) is 0. The average molecular weight is 336 g/mol. The van der Waals surface area contributed by atoms with Crippen molar-refractivity contribution in [2.75, 3.05) is 0 Å². The first-order chi connectivity index (χ1) is 12.5. The van der Waals surface area contributed by atoms with Gasteiger partial charge in [-0.05, 0) is 44.0 Å². The largest absolute Gasteiger partial charge is 0.0622 e. The molecule has 0 aromatic heterocycles. The third-order valence-corrected chi connectivity index (χ3v) is 5.04. The van der Waals surface area contributed by atoms with Crippen LogP contribution in [0.2, 0.25) is 0 Å². The fourth-order valence-corrected chi connectivity index (χ4v) is 3.68. The zero-order valence-corrected chi connectivity index (χ0v) is 15.7. The molecule has 0 saturated carbocycles. The third-order valence-electron chi connectivity index (χ3n) is 5.04. The van der Waals surface area contributed by atoms with Crippen molar-refractivity contribution in [3.05, 3.63) is 96.6 Å². The SMILES string of the molecule is CC(C)(C)c1ccc(-c2ccc(-c3ccccc3)cc2)c2ccccc12. The molecule has 0 saturated heterocycles. The molecule has 0 heterocycles. The van der Waals surface area contributed by atoms with E-state index in [9.17, 15) is 0 Å². The van der Waals surface area contributed by atoms with E-state index in [4.69, 9.17) is 0 Å². The Kier molecular flexibility index (Phi) is 4.12. The van der Waals surface area contributed by atoms with E-state index in [0.717, 1.165) is 0 Å². The van der Waals surface area contributed by atoms with E-state index in [0.29, 0.717) is 0 Å². The molecular weight excluding hydrogens is 312 g/mol. The van der Waals surface area contributed by atoms with E-state index in [2.05, 4.69) is 112 Å². The molecule has 0 aliphatic carbocycles. The number of hydrogen-bond acceptors (Lipinski definition) is 0. The number of fused-ring (bicyclic) bond motifs is 1. The van der Waals surface area contributed by atoms with Crippen LogP contribution in [-0.4, -0.2) is 0 Å². The highest BCUT2D eigenvalue weighted by Crippen LogP contribution is 2.36. The maximum absolute atomic E-state index is 2.29. The molecule has 0 fully saturated rings. The van der Waals surface area contributed by atoms with Crippen molar-refractivity contribution in [3.63, 3.8) is 0 Å². The molecule has 4 rings (SSSR count). The van der Waals surface area contributed by atoms with Gasteiger partial charge in [0.2, 0.25) is 0 Å². The molecule has 4 aromatic rings. The molecule has 0 heteroatoms. The van der Waals surface area contributed by atoms with Gasteiger partial charge >= 0.3 is 0 Å². The lowest BCUT2D eigenvalue weighted by Crippen LogP contribution is -2.11. The molecule has 128 valence electrons. The summed E-state index contributed by atoms with van der Waals surface area (Å²) in [5, 5.41) is 2.68. The topological polar surface area (TPSA) is 0 Å². The first kappa shape index (κ1) is 16.6. The molecule has 0 bridgehead atoms. The van der Waals surface area contributed by atoms with Gasteiger partial charge in [-0.15, -0.1) is 0 Å². The van der Waals surface area contributed by atoms with Crippen molar-refractivity contribution in [2.45, 2.75) is 26.2 Å². The second kappa shape index (κ2) is 6.46. The maximum atomic E-state index is 2.29. The summed E-state index contributed by atoms with van der Waals surface area (Å²) in [4.78, 5) is 0. The number of benzene rings is 4. The summed E-state index contributed by atoms with van der Waals surface area (Å²) in [6.07, 6.45) is 0. The molecule has 0 radical (unpaired) electrons. The predicted molar refractivity (Wildman–Crippen MR) is 114 cm³/mol. The van der Waals surface area contributed by atoms with Gasteiger partial charge in [0, 0.05) is 0 Å². The Bertz CT molecular complexity index is 1030. The highest BCUT2D eigenvalue weighted by molar-refractivity contribution is 5.99. The van der Waals surface area contributed by atoms with Gasteiger partial charge in [0.1, 0.15) is 0 Å². The highest BCUT2D eigenvalue weighted by atomic mass is 14.2. The van der Waals surface area contributed by atoms with Crippen LogP contribution in [0.4, 0.5) is 0 Å². The van der Waals surface area contributed by atoms with Crippen LogP contribution < -0.4 is 0 Å². The first-order valence-electron chi connectivity index (χ1n) is 9.22. The summed E-state index contributed by atoms with van der Waals surface area (Å²) >= 11 is 0. The van der Waals surface area contributed by atoms with Crippen molar-refractivity contribution < 1.29 is 0 Å². The molecule has 0 aliphatic rings. The first-order valence-corrected chi connectivity index (χ1v) is 9.22. The van der Waals surface area contributed by atoms with Gasteiger partial charge in [-0.3, -0.25) is 0 Å². The Morgan fingerprint density at radius 3 is 1.65 bits per heavy atom. The van der Waals surface area contributed by atoms with Crippen LogP contribution >= 0.6 is 0 Å². The van der Waals surface area contributed by atoms with E-state index in [1.165, 1.54) is 38.6 Å². The molecular formula is C26H24. The Morgan fingerprint density at radius 2 is 1.00 bits per heavy atom. The Balaban J connectivity index is 1.83. The van der Waals surface area contributed by atoms with Gasteiger partial charge in [-0.1, -0.05) is 112 Å². The maximum Gasteiger partial charge on any atom is -0.0102 e. The van der Waals surface area contributed by atoms with Crippen molar-refractivity contribution >= 4 is 10.8 Å².